The molecule has 9 nitrogen and oxygen atoms in total. The molecule has 0 unspecified atom stereocenters. The van der Waals surface area contributed by atoms with Gasteiger partial charge in [0.2, 0.25) is 5.91 Å². The van der Waals surface area contributed by atoms with Crippen LogP contribution in [0.1, 0.15) is 30.5 Å². The number of aromatic nitrogens is 2. The average molecular weight is 425 g/mol. The van der Waals surface area contributed by atoms with Crippen LogP contribution >= 0.6 is 0 Å². The van der Waals surface area contributed by atoms with Crippen molar-refractivity contribution in [3.63, 3.8) is 0 Å². The molecular formula is C22H23N3O6. The number of aliphatic hydroxyl groups is 1. The number of anilines is 1. The SMILES string of the molecule is COc1ccc(C2=CC=C[C@@](O)(c3cncc(NC(=O)CCC(=O)O)n3)C2)cc1OC. The molecule has 1 aliphatic carbocycles. The third kappa shape index (κ3) is 5.26. The number of ether oxygens (including phenoxy) is 2. The highest BCUT2D eigenvalue weighted by Gasteiger charge is 2.32. The second-order valence-corrected chi connectivity index (χ2v) is 6.95. The quantitative estimate of drug-likeness (QED) is 0.588. The van der Waals surface area contributed by atoms with E-state index < -0.39 is 17.5 Å². The van der Waals surface area contributed by atoms with Crippen LogP contribution in [0.3, 0.4) is 0 Å². The van der Waals surface area contributed by atoms with Gasteiger partial charge in [0.25, 0.3) is 0 Å². The minimum atomic E-state index is -1.44. The Morgan fingerprint density at radius 1 is 1.16 bits per heavy atom. The van der Waals surface area contributed by atoms with Crippen molar-refractivity contribution in [1.82, 2.24) is 9.97 Å². The zero-order valence-electron chi connectivity index (χ0n) is 17.2. The summed E-state index contributed by atoms with van der Waals surface area (Å²) in [5, 5.41) is 22.5. The highest BCUT2D eigenvalue weighted by molar-refractivity contribution is 5.91. The van der Waals surface area contributed by atoms with E-state index in [4.69, 9.17) is 14.6 Å². The third-order valence-corrected chi connectivity index (χ3v) is 4.80. The molecule has 0 aliphatic heterocycles. The van der Waals surface area contributed by atoms with Crippen LogP contribution in [0.15, 0.2) is 48.8 Å². The van der Waals surface area contributed by atoms with Gasteiger partial charge in [-0.05, 0) is 29.3 Å². The van der Waals surface area contributed by atoms with Gasteiger partial charge in [-0.3, -0.25) is 14.6 Å². The smallest absolute Gasteiger partial charge is 0.303 e. The molecule has 0 radical (unpaired) electrons. The summed E-state index contributed by atoms with van der Waals surface area (Å²) in [6.07, 6.45) is 7.75. The molecule has 1 aromatic carbocycles. The van der Waals surface area contributed by atoms with E-state index in [0.29, 0.717) is 11.5 Å². The van der Waals surface area contributed by atoms with Gasteiger partial charge < -0.3 is 25.0 Å². The molecule has 3 rings (SSSR count). The number of allylic oxidation sites excluding steroid dienone is 2. The number of carbonyl (C=O) groups excluding carboxylic acids is 1. The van der Waals surface area contributed by atoms with Crippen molar-refractivity contribution in [3.05, 3.63) is 60.1 Å². The molecule has 1 atom stereocenters. The molecule has 1 amide bonds. The summed E-state index contributed by atoms with van der Waals surface area (Å²) in [5.41, 5.74) is 0.521. The number of nitrogens with one attached hydrogen (secondary N) is 1. The van der Waals surface area contributed by atoms with Gasteiger partial charge in [0.1, 0.15) is 5.60 Å². The maximum absolute atomic E-state index is 11.9. The Balaban J connectivity index is 1.80. The van der Waals surface area contributed by atoms with Gasteiger partial charge in [-0.15, -0.1) is 0 Å². The summed E-state index contributed by atoms with van der Waals surface area (Å²) in [5.74, 6) is -0.246. The van der Waals surface area contributed by atoms with Crippen LogP contribution in [-0.2, 0) is 15.2 Å². The lowest BCUT2D eigenvalue weighted by Crippen LogP contribution is -2.27. The second kappa shape index (κ2) is 9.40. The maximum Gasteiger partial charge on any atom is 0.303 e. The highest BCUT2D eigenvalue weighted by atomic mass is 16.5. The van der Waals surface area contributed by atoms with Crippen LogP contribution in [-0.4, -0.2) is 46.3 Å². The number of carboxylic acids is 1. The molecule has 0 saturated carbocycles. The highest BCUT2D eigenvalue weighted by Crippen LogP contribution is 2.39. The molecule has 0 fully saturated rings. The van der Waals surface area contributed by atoms with E-state index in [0.717, 1.165) is 11.1 Å². The lowest BCUT2D eigenvalue weighted by Gasteiger charge is -2.28. The van der Waals surface area contributed by atoms with Crippen molar-refractivity contribution in [3.8, 4) is 11.5 Å². The van der Waals surface area contributed by atoms with Gasteiger partial charge in [0, 0.05) is 12.8 Å². The van der Waals surface area contributed by atoms with E-state index in [-0.39, 0.29) is 30.8 Å². The van der Waals surface area contributed by atoms with E-state index in [1.807, 2.05) is 18.2 Å². The minimum Gasteiger partial charge on any atom is -0.493 e. The van der Waals surface area contributed by atoms with Crippen LogP contribution in [0.2, 0.25) is 0 Å². The molecule has 162 valence electrons. The Hall–Kier alpha value is -3.72. The summed E-state index contributed by atoms with van der Waals surface area (Å²) >= 11 is 0. The predicted octanol–water partition coefficient (Wildman–Crippen LogP) is 2.53. The first-order valence-corrected chi connectivity index (χ1v) is 9.52. The lowest BCUT2D eigenvalue weighted by atomic mass is 9.84. The van der Waals surface area contributed by atoms with Gasteiger partial charge in [0.05, 0.1) is 38.7 Å². The first-order chi connectivity index (χ1) is 14.8. The number of carbonyl (C=O) groups is 2. The number of benzene rings is 1. The van der Waals surface area contributed by atoms with Crippen molar-refractivity contribution in [2.75, 3.05) is 19.5 Å². The Labute approximate surface area is 179 Å². The van der Waals surface area contributed by atoms with Crippen LogP contribution in [0.5, 0.6) is 11.5 Å². The molecule has 1 aromatic heterocycles. The summed E-state index contributed by atoms with van der Waals surface area (Å²) in [6.45, 7) is 0. The van der Waals surface area contributed by atoms with E-state index in [1.54, 1.807) is 32.4 Å². The number of carboxylic acid groups (broad SMARTS) is 1. The largest absolute Gasteiger partial charge is 0.493 e. The fraction of sp³-hybridized carbons (Fsp3) is 0.273. The average Bonchev–Trinajstić information content (AvgIpc) is 2.77. The predicted molar refractivity (Wildman–Crippen MR) is 113 cm³/mol. The number of amides is 1. The summed E-state index contributed by atoms with van der Waals surface area (Å²) in [6, 6.07) is 5.49. The van der Waals surface area contributed by atoms with Crippen molar-refractivity contribution < 1.29 is 29.3 Å². The zero-order valence-corrected chi connectivity index (χ0v) is 17.2. The van der Waals surface area contributed by atoms with Gasteiger partial charge >= 0.3 is 5.97 Å². The number of methoxy groups -OCH3 is 2. The minimum absolute atomic E-state index is 0.136. The Kier molecular flexibility index (Phi) is 6.66. The Morgan fingerprint density at radius 3 is 2.65 bits per heavy atom. The molecule has 2 aromatic rings. The number of rotatable bonds is 8. The summed E-state index contributed by atoms with van der Waals surface area (Å²) in [4.78, 5) is 30.9. The fourth-order valence-corrected chi connectivity index (χ4v) is 3.20. The van der Waals surface area contributed by atoms with Crippen LogP contribution < -0.4 is 14.8 Å². The molecule has 1 heterocycles. The molecule has 0 bridgehead atoms. The summed E-state index contributed by atoms with van der Waals surface area (Å²) in [7, 11) is 3.12. The first kappa shape index (κ1) is 22.0. The van der Waals surface area contributed by atoms with Gasteiger partial charge in [-0.25, -0.2) is 4.98 Å². The molecule has 31 heavy (non-hydrogen) atoms. The van der Waals surface area contributed by atoms with Crippen molar-refractivity contribution in [1.29, 1.82) is 0 Å². The van der Waals surface area contributed by atoms with E-state index in [9.17, 15) is 14.7 Å². The van der Waals surface area contributed by atoms with Gasteiger partial charge in [0.15, 0.2) is 17.3 Å². The van der Waals surface area contributed by atoms with Crippen LogP contribution in [0, 0.1) is 0 Å². The fourth-order valence-electron chi connectivity index (χ4n) is 3.20. The molecule has 1 aliphatic rings. The van der Waals surface area contributed by atoms with Crippen molar-refractivity contribution >= 4 is 23.3 Å². The zero-order chi connectivity index (χ0) is 22.4. The summed E-state index contributed by atoms with van der Waals surface area (Å²) < 4.78 is 10.6. The monoisotopic (exact) mass is 425 g/mol. The Morgan fingerprint density at radius 2 is 1.94 bits per heavy atom. The number of hydrogen-bond acceptors (Lipinski definition) is 7. The number of hydrogen-bond donors (Lipinski definition) is 3. The van der Waals surface area contributed by atoms with Crippen LogP contribution in [0.25, 0.3) is 5.57 Å². The van der Waals surface area contributed by atoms with Gasteiger partial charge in [-0.1, -0.05) is 18.2 Å². The topological polar surface area (TPSA) is 131 Å². The number of nitrogens with zero attached hydrogens (tertiary/aromatic N) is 2. The van der Waals surface area contributed by atoms with Gasteiger partial charge in [-0.2, -0.15) is 0 Å². The van der Waals surface area contributed by atoms with E-state index in [1.165, 1.54) is 12.4 Å². The second-order valence-electron chi connectivity index (χ2n) is 6.95. The lowest BCUT2D eigenvalue weighted by molar-refractivity contribution is -0.138. The van der Waals surface area contributed by atoms with Crippen molar-refractivity contribution in [2.24, 2.45) is 0 Å². The van der Waals surface area contributed by atoms with Crippen LogP contribution in [0.4, 0.5) is 5.82 Å². The number of aliphatic carboxylic acids is 1. The normalized spacial score (nSPS) is 17.6. The molecule has 0 spiro atoms. The van der Waals surface area contributed by atoms with Crippen molar-refractivity contribution in [2.45, 2.75) is 24.9 Å². The molecule has 3 N–H and O–H groups in total. The third-order valence-electron chi connectivity index (χ3n) is 4.80. The maximum atomic E-state index is 11.9. The Bertz CT molecular complexity index is 1050. The standard InChI is InChI=1S/C22H23N3O6/c1-30-16-6-5-14(10-17(16)31-2)15-4-3-9-22(29,11-15)18-12-23-13-19(24-18)25-20(26)7-8-21(27)28/h3-6,9-10,12-13,29H,7-8,11H2,1-2H3,(H,27,28)(H,24,25,26)/t22-/m0/s1. The van der Waals surface area contributed by atoms with E-state index >= 15 is 0 Å². The molecule has 0 saturated heterocycles. The van der Waals surface area contributed by atoms with E-state index in [2.05, 4.69) is 15.3 Å². The molecule has 9 heteroatoms. The first-order valence-electron chi connectivity index (χ1n) is 9.52. The molecular weight excluding hydrogens is 402 g/mol.